The lowest BCUT2D eigenvalue weighted by molar-refractivity contribution is 0.253. The SMILES string of the molecule is Cc1ccccc1[C@@H]1[C@H]2CN(Cc3nncn3C)C[C@H]2CN1S(=O)(=O)C1CC1. The maximum atomic E-state index is 13.2. The molecule has 2 saturated heterocycles. The molecule has 3 aliphatic rings. The molecule has 0 spiro atoms. The van der Waals surface area contributed by atoms with Crippen molar-refractivity contribution in [2.75, 3.05) is 19.6 Å². The van der Waals surface area contributed by atoms with E-state index in [1.807, 2.05) is 28.1 Å². The van der Waals surface area contributed by atoms with Crippen LogP contribution < -0.4 is 0 Å². The molecular formula is C20H27N5O2S. The summed E-state index contributed by atoms with van der Waals surface area (Å²) < 4.78 is 30.2. The van der Waals surface area contributed by atoms with Gasteiger partial charge in [-0.3, -0.25) is 4.90 Å². The summed E-state index contributed by atoms with van der Waals surface area (Å²) in [6.45, 7) is 5.30. The van der Waals surface area contributed by atoms with Crippen LogP contribution in [0.25, 0.3) is 0 Å². The average Bonchev–Trinajstić information content (AvgIpc) is 3.23. The molecule has 0 amide bonds. The quantitative estimate of drug-likeness (QED) is 0.763. The lowest BCUT2D eigenvalue weighted by atomic mass is 9.88. The predicted molar refractivity (Wildman–Crippen MR) is 106 cm³/mol. The van der Waals surface area contributed by atoms with E-state index in [2.05, 4.69) is 34.2 Å². The first-order valence-electron chi connectivity index (χ1n) is 10.1. The van der Waals surface area contributed by atoms with Crippen molar-refractivity contribution in [2.45, 2.75) is 37.6 Å². The Morgan fingerprint density at radius 1 is 1.14 bits per heavy atom. The molecule has 0 bridgehead atoms. The fourth-order valence-corrected chi connectivity index (χ4v) is 7.10. The van der Waals surface area contributed by atoms with Gasteiger partial charge in [-0.1, -0.05) is 24.3 Å². The number of aryl methyl sites for hydroxylation is 2. The van der Waals surface area contributed by atoms with Gasteiger partial charge in [0, 0.05) is 26.7 Å². The lowest BCUT2D eigenvalue weighted by Crippen LogP contribution is -2.37. The number of hydrogen-bond donors (Lipinski definition) is 0. The fourth-order valence-electron chi connectivity index (χ4n) is 5.00. The number of benzene rings is 1. The maximum Gasteiger partial charge on any atom is 0.217 e. The summed E-state index contributed by atoms with van der Waals surface area (Å²) in [5.41, 5.74) is 2.34. The number of aromatic nitrogens is 3. The number of hydrogen-bond acceptors (Lipinski definition) is 5. The fraction of sp³-hybridized carbons (Fsp3) is 0.600. The van der Waals surface area contributed by atoms with E-state index in [0.29, 0.717) is 18.4 Å². The molecule has 5 rings (SSSR count). The molecular weight excluding hydrogens is 374 g/mol. The third-order valence-corrected chi connectivity index (χ3v) is 8.99. The van der Waals surface area contributed by atoms with Crippen LogP contribution in [-0.2, 0) is 23.6 Å². The third kappa shape index (κ3) is 2.98. The number of fused-ring (bicyclic) bond motifs is 1. The van der Waals surface area contributed by atoms with Crippen LogP contribution in [0.15, 0.2) is 30.6 Å². The zero-order valence-electron chi connectivity index (χ0n) is 16.4. The normalized spacial score (nSPS) is 28.7. The molecule has 2 aromatic rings. The van der Waals surface area contributed by atoms with Gasteiger partial charge in [0.25, 0.3) is 0 Å². The van der Waals surface area contributed by atoms with E-state index in [1.165, 1.54) is 11.1 Å². The van der Waals surface area contributed by atoms with Gasteiger partial charge in [-0.2, -0.15) is 4.31 Å². The first kappa shape index (κ1) is 18.3. The van der Waals surface area contributed by atoms with Crippen molar-refractivity contribution in [1.29, 1.82) is 0 Å². The van der Waals surface area contributed by atoms with Crippen LogP contribution in [0.1, 0.15) is 35.8 Å². The van der Waals surface area contributed by atoms with Crippen LogP contribution in [0.4, 0.5) is 0 Å². The summed E-state index contributed by atoms with van der Waals surface area (Å²) in [6.07, 6.45) is 3.35. The Kier molecular flexibility index (Phi) is 4.33. The first-order chi connectivity index (χ1) is 13.4. The Morgan fingerprint density at radius 2 is 1.93 bits per heavy atom. The van der Waals surface area contributed by atoms with Gasteiger partial charge in [0.15, 0.2) is 0 Å². The molecule has 2 aliphatic heterocycles. The zero-order valence-corrected chi connectivity index (χ0v) is 17.2. The molecule has 0 unspecified atom stereocenters. The van der Waals surface area contributed by atoms with Gasteiger partial charge in [-0.25, -0.2) is 8.42 Å². The van der Waals surface area contributed by atoms with Crippen molar-refractivity contribution >= 4 is 10.0 Å². The molecule has 0 radical (unpaired) electrons. The Labute approximate surface area is 166 Å². The van der Waals surface area contributed by atoms with Crippen molar-refractivity contribution < 1.29 is 8.42 Å². The Balaban J connectivity index is 1.45. The summed E-state index contributed by atoms with van der Waals surface area (Å²) in [5.74, 6) is 1.64. The van der Waals surface area contributed by atoms with Gasteiger partial charge >= 0.3 is 0 Å². The summed E-state index contributed by atoms with van der Waals surface area (Å²) in [4.78, 5) is 2.41. The van der Waals surface area contributed by atoms with Crippen molar-refractivity contribution in [1.82, 2.24) is 24.0 Å². The van der Waals surface area contributed by atoms with Crippen LogP contribution >= 0.6 is 0 Å². The van der Waals surface area contributed by atoms with Gasteiger partial charge in [0.1, 0.15) is 12.2 Å². The number of sulfonamides is 1. The number of likely N-dealkylation sites (tertiary alicyclic amines) is 1. The third-order valence-electron chi connectivity index (χ3n) is 6.65. The molecule has 1 saturated carbocycles. The molecule has 1 aromatic carbocycles. The van der Waals surface area contributed by atoms with E-state index >= 15 is 0 Å². The molecule has 1 aliphatic carbocycles. The summed E-state index contributed by atoms with van der Waals surface area (Å²) in [6, 6.07) is 8.21. The van der Waals surface area contributed by atoms with Gasteiger partial charge < -0.3 is 4.57 Å². The molecule has 8 heteroatoms. The van der Waals surface area contributed by atoms with Crippen molar-refractivity contribution in [2.24, 2.45) is 18.9 Å². The number of nitrogens with zero attached hydrogens (tertiary/aromatic N) is 5. The Morgan fingerprint density at radius 3 is 2.61 bits per heavy atom. The zero-order chi connectivity index (χ0) is 19.5. The van der Waals surface area contributed by atoms with Gasteiger partial charge in [-0.05, 0) is 42.7 Å². The first-order valence-corrected chi connectivity index (χ1v) is 11.6. The maximum absolute atomic E-state index is 13.2. The van der Waals surface area contributed by atoms with Crippen LogP contribution in [-0.4, -0.2) is 57.3 Å². The van der Waals surface area contributed by atoms with Gasteiger partial charge in [0.05, 0.1) is 17.8 Å². The van der Waals surface area contributed by atoms with Gasteiger partial charge in [0.2, 0.25) is 10.0 Å². The molecule has 0 N–H and O–H groups in total. The molecule has 3 heterocycles. The van der Waals surface area contributed by atoms with Crippen LogP contribution in [0.3, 0.4) is 0 Å². The van der Waals surface area contributed by atoms with E-state index < -0.39 is 10.0 Å². The van der Waals surface area contributed by atoms with E-state index in [4.69, 9.17) is 0 Å². The molecule has 3 atom stereocenters. The molecule has 7 nitrogen and oxygen atoms in total. The summed E-state index contributed by atoms with van der Waals surface area (Å²) in [5, 5.41) is 8.04. The topological polar surface area (TPSA) is 71.3 Å². The summed E-state index contributed by atoms with van der Waals surface area (Å²) >= 11 is 0. The predicted octanol–water partition coefficient (Wildman–Crippen LogP) is 1.72. The number of rotatable bonds is 5. The van der Waals surface area contributed by atoms with Crippen LogP contribution in [0, 0.1) is 18.8 Å². The summed E-state index contributed by atoms with van der Waals surface area (Å²) in [7, 11) is -1.24. The molecule has 1 aromatic heterocycles. The van der Waals surface area contributed by atoms with Crippen molar-refractivity contribution in [3.63, 3.8) is 0 Å². The molecule has 150 valence electrons. The second-order valence-electron chi connectivity index (χ2n) is 8.59. The highest BCUT2D eigenvalue weighted by Gasteiger charge is 2.54. The minimum atomic E-state index is -3.21. The van der Waals surface area contributed by atoms with Crippen molar-refractivity contribution in [3.8, 4) is 0 Å². The van der Waals surface area contributed by atoms with E-state index in [0.717, 1.165) is 38.3 Å². The van der Waals surface area contributed by atoms with Crippen LogP contribution in [0.2, 0.25) is 0 Å². The monoisotopic (exact) mass is 401 g/mol. The Hall–Kier alpha value is -1.77. The van der Waals surface area contributed by atoms with E-state index in [-0.39, 0.29) is 11.3 Å². The van der Waals surface area contributed by atoms with Crippen molar-refractivity contribution in [3.05, 3.63) is 47.5 Å². The van der Waals surface area contributed by atoms with E-state index in [9.17, 15) is 8.42 Å². The molecule has 3 fully saturated rings. The minimum Gasteiger partial charge on any atom is -0.320 e. The van der Waals surface area contributed by atoms with Crippen LogP contribution in [0.5, 0.6) is 0 Å². The standard InChI is InChI=1S/C20H27N5O2S/c1-14-5-3-4-6-17(14)20-18-11-24(12-19-22-21-13-23(19)2)9-15(18)10-25(20)28(26,27)16-7-8-16/h3-6,13,15-16,18,20H,7-12H2,1-2H3/t15-,18-,20+/m0/s1. The second kappa shape index (κ2) is 6.64. The lowest BCUT2D eigenvalue weighted by Gasteiger charge is -2.30. The highest BCUT2D eigenvalue weighted by molar-refractivity contribution is 7.90. The smallest absolute Gasteiger partial charge is 0.217 e. The largest absolute Gasteiger partial charge is 0.320 e. The highest BCUT2D eigenvalue weighted by Crippen LogP contribution is 2.49. The molecule has 28 heavy (non-hydrogen) atoms. The van der Waals surface area contributed by atoms with E-state index in [1.54, 1.807) is 6.33 Å². The Bertz CT molecular complexity index is 984. The average molecular weight is 402 g/mol. The second-order valence-corrected chi connectivity index (χ2v) is 10.8. The highest BCUT2D eigenvalue weighted by atomic mass is 32.2. The van der Waals surface area contributed by atoms with Gasteiger partial charge in [-0.15, -0.1) is 10.2 Å². The minimum absolute atomic E-state index is 0.0544.